The zero-order valence-corrected chi connectivity index (χ0v) is 14.6. The van der Waals surface area contributed by atoms with Crippen LogP contribution in [-0.4, -0.2) is 25.5 Å². The highest BCUT2D eigenvalue weighted by Crippen LogP contribution is 2.69. The van der Waals surface area contributed by atoms with Crippen LogP contribution < -0.4 is 10.6 Å². The zero-order chi connectivity index (χ0) is 14.4. The SMILES string of the molecule is CCNCCNC(=O)C12CC3CC(C)(CC(C)(C3)C1)C2.Cl. The van der Waals surface area contributed by atoms with Gasteiger partial charge in [0.1, 0.15) is 0 Å². The maximum atomic E-state index is 12.8. The van der Waals surface area contributed by atoms with Crippen molar-refractivity contribution in [3.05, 3.63) is 0 Å². The molecule has 4 aliphatic rings. The molecule has 2 N–H and O–H groups in total. The van der Waals surface area contributed by atoms with Gasteiger partial charge < -0.3 is 10.6 Å². The Hall–Kier alpha value is -0.280. The van der Waals surface area contributed by atoms with Gasteiger partial charge in [0.2, 0.25) is 5.91 Å². The Balaban J connectivity index is 0.00000161. The van der Waals surface area contributed by atoms with Gasteiger partial charge in [0.15, 0.2) is 0 Å². The average molecular weight is 315 g/mol. The fourth-order valence-corrected chi connectivity index (χ4v) is 6.33. The summed E-state index contributed by atoms with van der Waals surface area (Å²) in [7, 11) is 0. The van der Waals surface area contributed by atoms with Crippen molar-refractivity contribution in [1.82, 2.24) is 10.6 Å². The van der Waals surface area contributed by atoms with Gasteiger partial charge in [-0.1, -0.05) is 20.8 Å². The van der Waals surface area contributed by atoms with Gasteiger partial charge in [-0.15, -0.1) is 12.4 Å². The van der Waals surface area contributed by atoms with Gasteiger partial charge in [0, 0.05) is 13.1 Å². The van der Waals surface area contributed by atoms with Crippen molar-refractivity contribution in [1.29, 1.82) is 0 Å². The second kappa shape index (κ2) is 5.73. The number of carbonyl (C=O) groups is 1. The van der Waals surface area contributed by atoms with Gasteiger partial charge in [0.25, 0.3) is 0 Å². The highest BCUT2D eigenvalue weighted by molar-refractivity contribution is 5.85. The molecule has 0 aromatic rings. The summed E-state index contributed by atoms with van der Waals surface area (Å²) in [6, 6.07) is 0. The third-order valence-electron chi connectivity index (χ3n) is 5.95. The summed E-state index contributed by atoms with van der Waals surface area (Å²) in [6.07, 6.45) is 7.44. The molecule has 0 spiro atoms. The van der Waals surface area contributed by atoms with Gasteiger partial charge in [0.05, 0.1) is 5.41 Å². The maximum absolute atomic E-state index is 12.8. The lowest BCUT2D eigenvalue weighted by Crippen LogP contribution is -2.60. The van der Waals surface area contributed by atoms with Crippen LogP contribution in [0.25, 0.3) is 0 Å². The predicted octanol–water partition coefficient (Wildman–Crippen LogP) is 3.13. The number of likely N-dealkylation sites (N-methyl/N-ethyl adjacent to an activating group) is 1. The van der Waals surface area contributed by atoms with Crippen molar-refractivity contribution in [3.8, 4) is 0 Å². The lowest BCUT2D eigenvalue weighted by molar-refractivity contribution is -0.170. The molecule has 0 saturated heterocycles. The van der Waals surface area contributed by atoms with Crippen LogP contribution in [-0.2, 0) is 4.79 Å². The molecule has 4 fully saturated rings. The van der Waals surface area contributed by atoms with Crippen LogP contribution in [0.2, 0.25) is 0 Å². The standard InChI is InChI=1S/C17H30N2O.ClH/c1-4-18-5-6-19-14(20)17-9-13-7-15(2,11-17)10-16(3,8-13)12-17;/h13,18H,4-12H2,1-3H3,(H,19,20);1H. The maximum Gasteiger partial charge on any atom is 0.226 e. The van der Waals surface area contributed by atoms with E-state index in [0.717, 1.165) is 44.8 Å². The fourth-order valence-electron chi connectivity index (χ4n) is 6.33. The average Bonchev–Trinajstić information content (AvgIpc) is 2.29. The van der Waals surface area contributed by atoms with Gasteiger partial charge in [-0.25, -0.2) is 0 Å². The molecule has 1 amide bonds. The van der Waals surface area contributed by atoms with E-state index in [9.17, 15) is 4.79 Å². The van der Waals surface area contributed by atoms with E-state index in [4.69, 9.17) is 0 Å². The first-order valence-electron chi connectivity index (χ1n) is 8.38. The smallest absolute Gasteiger partial charge is 0.226 e. The predicted molar refractivity (Wildman–Crippen MR) is 88.6 cm³/mol. The Bertz CT molecular complexity index is 394. The highest BCUT2D eigenvalue weighted by atomic mass is 35.5. The molecule has 4 aliphatic carbocycles. The van der Waals surface area contributed by atoms with E-state index in [1.54, 1.807) is 0 Å². The van der Waals surface area contributed by atoms with E-state index in [1.807, 2.05) is 0 Å². The summed E-state index contributed by atoms with van der Waals surface area (Å²) >= 11 is 0. The first-order valence-corrected chi connectivity index (χ1v) is 8.38. The molecule has 0 radical (unpaired) electrons. The number of hydrogen-bond donors (Lipinski definition) is 2. The van der Waals surface area contributed by atoms with E-state index in [2.05, 4.69) is 31.4 Å². The van der Waals surface area contributed by atoms with Crippen LogP contribution in [0.5, 0.6) is 0 Å². The summed E-state index contributed by atoms with van der Waals surface area (Å²) < 4.78 is 0. The molecule has 2 atom stereocenters. The van der Waals surface area contributed by atoms with Crippen LogP contribution in [0.3, 0.4) is 0 Å². The molecule has 21 heavy (non-hydrogen) atoms. The molecule has 4 saturated carbocycles. The summed E-state index contributed by atoms with van der Waals surface area (Å²) in [5, 5.41) is 6.49. The lowest BCUT2D eigenvalue weighted by Gasteiger charge is -2.64. The minimum absolute atomic E-state index is 0. The van der Waals surface area contributed by atoms with Gasteiger partial charge >= 0.3 is 0 Å². The Morgan fingerprint density at radius 2 is 1.67 bits per heavy atom. The van der Waals surface area contributed by atoms with Crippen LogP contribution in [0.15, 0.2) is 0 Å². The van der Waals surface area contributed by atoms with Crippen molar-refractivity contribution in [2.24, 2.45) is 22.2 Å². The number of carbonyl (C=O) groups excluding carboxylic acids is 1. The summed E-state index contributed by atoms with van der Waals surface area (Å²) in [4.78, 5) is 12.8. The van der Waals surface area contributed by atoms with Gasteiger partial charge in [-0.05, 0) is 61.8 Å². The number of hydrogen-bond acceptors (Lipinski definition) is 2. The Labute approximate surface area is 135 Å². The Morgan fingerprint density at radius 1 is 1.05 bits per heavy atom. The van der Waals surface area contributed by atoms with Crippen LogP contribution in [0.1, 0.15) is 59.3 Å². The molecule has 2 unspecified atom stereocenters. The van der Waals surface area contributed by atoms with Crippen molar-refractivity contribution < 1.29 is 4.79 Å². The van der Waals surface area contributed by atoms with Crippen molar-refractivity contribution in [2.45, 2.75) is 59.3 Å². The molecule has 4 rings (SSSR count). The van der Waals surface area contributed by atoms with Crippen molar-refractivity contribution in [2.75, 3.05) is 19.6 Å². The van der Waals surface area contributed by atoms with E-state index in [0.29, 0.717) is 16.7 Å². The molecule has 0 aromatic carbocycles. The van der Waals surface area contributed by atoms with Crippen LogP contribution in [0.4, 0.5) is 0 Å². The largest absolute Gasteiger partial charge is 0.354 e. The molecular weight excluding hydrogens is 284 g/mol. The Morgan fingerprint density at radius 3 is 2.19 bits per heavy atom. The fraction of sp³-hybridized carbons (Fsp3) is 0.941. The van der Waals surface area contributed by atoms with E-state index < -0.39 is 0 Å². The van der Waals surface area contributed by atoms with E-state index in [-0.39, 0.29) is 17.8 Å². The third-order valence-corrected chi connectivity index (χ3v) is 5.95. The zero-order valence-electron chi connectivity index (χ0n) is 13.8. The number of rotatable bonds is 5. The minimum Gasteiger partial charge on any atom is -0.354 e. The molecule has 0 heterocycles. The minimum atomic E-state index is -0.0465. The quantitative estimate of drug-likeness (QED) is 0.766. The molecule has 0 aliphatic heterocycles. The molecular formula is C17H31ClN2O. The normalized spacial score (nSPS) is 43.5. The number of halogens is 1. The molecule has 0 aromatic heterocycles. The molecule has 4 bridgehead atoms. The lowest BCUT2D eigenvalue weighted by atomic mass is 9.40. The van der Waals surface area contributed by atoms with Crippen molar-refractivity contribution >= 4 is 18.3 Å². The summed E-state index contributed by atoms with van der Waals surface area (Å²) in [5.74, 6) is 1.14. The molecule has 3 nitrogen and oxygen atoms in total. The number of amides is 1. The highest BCUT2D eigenvalue weighted by Gasteiger charge is 2.62. The topological polar surface area (TPSA) is 41.1 Å². The Kier molecular flexibility index (Phi) is 4.66. The summed E-state index contributed by atoms with van der Waals surface area (Å²) in [6.45, 7) is 9.58. The molecule has 122 valence electrons. The van der Waals surface area contributed by atoms with Crippen molar-refractivity contribution in [3.63, 3.8) is 0 Å². The molecule has 4 heteroatoms. The van der Waals surface area contributed by atoms with Gasteiger partial charge in [-0.2, -0.15) is 0 Å². The van der Waals surface area contributed by atoms with E-state index in [1.165, 1.54) is 19.3 Å². The third kappa shape index (κ3) is 3.10. The van der Waals surface area contributed by atoms with Gasteiger partial charge in [-0.3, -0.25) is 4.79 Å². The second-order valence-corrected chi connectivity index (χ2v) is 8.52. The monoisotopic (exact) mass is 314 g/mol. The first-order chi connectivity index (χ1) is 9.39. The van der Waals surface area contributed by atoms with E-state index >= 15 is 0 Å². The van der Waals surface area contributed by atoms with Crippen LogP contribution in [0, 0.1) is 22.2 Å². The van der Waals surface area contributed by atoms with Crippen LogP contribution >= 0.6 is 12.4 Å². The first kappa shape index (κ1) is 17.1. The summed E-state index contributed by atoms with van der Waals surface area (Å²) in [5.41, 5.74) is 0.801. The second-order valence-electron chi connectivity index (χ2n) is 8.52. The number of nitrogens with one attached hydrogen (secondary N) is 2.